The topological polar surface area (TPSA) is 83.0 Å². The third-order valence-corrected chi connectivity index (χ3v) is 2.34. The molecule has 0 aromatic carbocycles. The molecule has 0 bridgehead atoms. The van der Waals surface area contributed by atoms with Gasteiger partial charge in [-0.25, -0.2) is 4.98 Å². The molecule has 1 rings (SSSR count). The Morgan fingerprint density at radius 2 is 2.36 bits per heavy atom. The third-order valence-electron chi connectivity index (χ3n) is 1.51. The van der Waals surface area contributed by atoms with E-state index in [2.05, 4.69) is 9.97 Å². The molecule has 0 amide bonds. The van der Waals surface area contributed by atoms with E-state index in [1.165, 1.54) is 13.3 Å². The van der Waals surface area contributed by atoms with Crippen molar-refractivity contribution < 1.29 is 14.7 Å². The standard InChI is InChI=1S/C8H10N2O3S/c1-5(11)14-8-6(9-4-10-8)2-3-7(12)13/h4H,2-3H2,1H3,(H,9,10)(H,12,13). The Balaban J connectivity index is 2.62. The van der Waals surface area contributed by atoms with Gasteiger partial charge in [0, 0.05) is 19.0 Å². The van der Waals surface area contributed by atoms with Crippen LogP contribution in [-0.2, 0) is 16.0 Å². The lowest BCUT2D eigenvalue weighted by Crippen LogP contribution is -1.99. The van der Waals surface area contributed by atoms with E-state index in [0.29, 0.717) is 17.1 Å². The van der Waals surface area contributed by atoms with Crippen molar-refractivity contribution in [2.45, 2.75) is 24.8 Å². The number of hydrogen-bond donors (Lipinski definition) is 2. The molecule has 0 atom stereocenters. The van der Waals surface area contributed by atoms with Crippen LogP contribution in [0.4, 0.5) is 0 Å². The first-order valence-electron chi connectivity index (χ1n) is 4.02. The molecule has 1 aromatic rings. The first-order valence-corrected chi connectivity index (χ1v) is 4.83. The number of carbonyl (C=O) groups excluding carboxylic acids is 1. The van der Waals surface area contributed by atoms with Gasteiger partial charge in [0.15, 0.2) is 5.12 Å². The first-order chi connectivity index (χ1) is 6.59. The van der Waals surface area contributed by atoms with Crippen LogP contribution in [0.1, 0.15) is 19.0 Å². The first kappa shape index (κ1) is 10.8. The van der Waals surface area contributed by atoms with E-state index >= 15 is 0 Å². The van der Waals surface area contributed by atoms with Crippen LogP contribution in [0.3, 0.4) is 0 Å². The number of carboxylic acids is 1. The summed E-state index contributed by atoms with van der Waals surface area (Å²) in [7, 11) is 0. The van der Waals surface area contributed by atoms with Gasteiger partial charge < -0.3 is 10.1 Å². The Hall–Kier alpha value is -1.30. The normalized spacial score (nSPS) is 10.1. The molecule has 0 aliphatic carbocycles. The molecule has 1 aromatic heterocycles. The molecule has 0 fully saturated rings. The summed E-state index contributed by atoms with van der Waals surface area (Å²) < 4.78 is 0. The number of nitrogens with one attached hydrogen (secondary N) is 1. The lowest BCUT2D eigenvalue weighted by atomic mass is 10.2. The number of nitrogens with zero attached hydrogens (tertiary/aromatic N) is 1. The van der Waals surface area contributed by atoms with Gasteiger partial charge in [-0.05, 0) is 11.8 Å². The van der Waals surface area contributed by atoms with E-state index in [1.54, 1.807) is 0 Å². The molecule has 0 aliphatic rings. The fraction of sp³-hybridized carbons (Fsp3) is 0.375. The number of carbonyl (C=O) groups is 2. The molecule has 0 aliphatic heterocycles. The molecule has 0 unspecified atom stereocenters. The number of aryl methyl sites for hydroxylation is 1. The smallest absolute Gasteiger partial charge is 0.303 e. The van der Waals surface area contributed by atoms with Gasteiger partial charge in [0.25, 0.3) is 0 Å². The molecule has 76 valence electrons. The molecule has 14 heavy (non-hydrogen) atoms. The number of aromatic amines is 1. The zero-order chi connectivity index (χ0) is 10.6. The largest absolute Gasteiger partial charge is 0.481 e. The zero-order valence-corrected chi connectivity index (χ0v) is 8.43. The van der Waals surface area contributed by atoms with Crippen molar-refractivity contribution >= 4 is 22.8 Å². The van der Waals surface area contributed by atoms with Crippen molar-refractivity contribution in [3.8, 4) is 0 Å². The summed E-state index contributed by atoms with van der Waals surface area (Å²) in [6.07, 6.45) is 1.86. The van der Waals surface area contributed by atoms with Crippen LogP contribution >= 0.6 is 11.8 Å². The molecule has 1 heterocycles. The quantitative estimate of drug-likeness (QED) is 0.732. The summed E-state index contributed by atoms with van der Waals surface area (Å²) in [5.74, 6) is -0.863. The number of aliphatic carboxylic acids is 1. The Kier molecular flexibility index (Phi) is 3.70. The SMILES string of the molecule is CC(=O)Sc1nc[nH]c1CCC(=O)O. The average Bonchev–Trinajstić information content (AvgIpc) is 2.47. The Bertz CT molecular complexity index is 348. The molecule has 0 saturated heterocycles. The number of aromatic nitrogens is 2. The highest BCUT2D eigenvalue weighted by molar-refractivity contribution is 8.13. The minimum Gasteiger partial charge on any atom is -0.481 e. The maximum atomic E-state index is 10.8. The van der Waals surface area contributed by atoms with Crippen LogP contribution in [-0.4, -0.2) is 26.2 Å². The summed E-state index contributed by atoms with van der Waals surface area (Å²) in [6, 6.07) is 0. The van der Waals surface area contributed by atoms with E-state index < -0.39 is 5.97 Å². The van der Waals surface area contributed by atoms with Crippen molar-refractivity contribution in [2.75, 3.05) is 0 Å². The van der Waals surface area contributed by atoms with Crippen LogP contribution in [0.25, 0.3) is 0 Å². The van der Waals surface area contributed by atoms with Crippen molar-refractivity contribution in [2.24, 2.45) is 0 Å². The summed E-state index contributed by atoms with van der Waals surface area (Å²) in [5, 5.41) is 8.98. The van der Waals surface area contributed by atoms with Crippen molar-refractivity contribution in [1.29, 1.82) is 0 Å². The predicted molar refractivity (Wildman–Crippen MR) is 51.1 cm³/mol. The Morgan fingerprint density at radius 1 is 1.64 bits per heavy atom. The van der Waals surface area contributed by atoms with Crippen molar-refractivity contribution in [3.63, 3.8) is 0 Å². The summed E-state index contributed by atoms with van der Waals surface area (Å²) >= 11 is 1.01. The van der Waals surface area contributed by atoms with Crippen LogP contribution in [0, 0.1) is 0 Å². The van der Waals surface area contributed by atoms with Gasteiger partial charge in [-0.15, -0.1) is 0 Å². The average molecular weight is 214 g/mol. The van der Waals surface area contributed by atoms with Gasteiger partial charge in [-0.3, -0.25) is 9.59 Å². The van der Waals surface area contributed by atoms with Gasteiger partial charge in [0.1, 0.15) is 5.03 Å². The van der Waals surface area contributed by atoms with E-state index in [-0.39, 0.29) is 11.5 Å². The zero-order valence-electron chi connectivity index (χ0n) is 7.61. The van der Waals surface area contributed by atoms with Crippen LogP contribution < -0.4 is 0 Å². The summed E-state index contributed by atoms with van der Waals surface area (Å²) in [4.78, 5) is 27.9. The summed E-state index contributed by atoms with van der Waals surface area (Å²) in [6.45, 7) is 1.44. The van der Waals surface area contributed by atoms with Crippen molar-refractivity contribution in [1.82, 2.24) is 9.97 Å². The molecule has 5 nitrogen and oxygen atoms in total. The minimum atomic E-state index is -0.863. The second kappa shape index (κ2) is 4.80. The molecule has 0 saturated carbocycles. The number of thioether (sulfide) groups is 1. The lowest BCUT2D eigenvalue weighted by molar-refractivity contribution is -0.137. The highest BCUT2D eigenvalue weighted by atomic mass is 32.2. The Morgan fingerprint density at radius 3 is 2.93 bits per heavy atom. The second-order valence-corrected chi connectivity index (χ2v) is 3.84. The number of H-pyrrole nitrogens is 1. The number of hydrogen-bond acceptors (Lipinski definition) is 4. The lowest BCUT2D eigenvalue weighted by Gasteiger charge is -1.97. The van der Waals surface area contributed by atoms with Crippen LogP contribution in [0.5, 0.6) is 0 Å². The predicted octanol–water partition coefficient (Wildman–Crippen LogP) is 1.07. The van der Waals surface area contributed by atoms with Crippen LogP contribution in [0.15, 0.2) is 11.4 Å². The summed E-state index contributed by atoms with van der Waals surface area (Å²) in [5.41, 5.74) is 0.701. The fourth-order valence-electron chi connectivity index (χ4n) is 0.944. The molecular weight excluding hydrogens is 204 g/mol. The van der Waals surface area contributed by atoms with Gasteiger partial charge in [0.05, 0.1) is 12.7 Å². The Labute approximate surface area is 84.9 Å². The van der Waals surface area contributed by atoms with E-state index in [9.17, 15) is 9.59 Å². The minimum absolute atomic E-state index is 0.0354. The molecule has 2 N–H and O–H groups in total. The highest BCUT2D eigenvalue weighted by Crippen LogP contribution is 2.20. The van der Waals surface area contributed by atoms with Gasteiger partial charge >= 0.3 is 5.97 Å². The van der Waals surface area contributed by atoms with E-state index in [4.69, 9.17) is 5.11 Å². The molecule has 0 spiro atoms. The van der Waals surface area contributed by atoms with E-state index in [0.717, 1.165) is 11.8 Å². The van der Waals surface area contributed by atoms with Gasteiger partial charge in [-0.2, -0.15) is 0 Å². The molecule has 0 radical (unpaired) electrons. The van der Waals surface area contributed by atoms with Crippen molar-refractivity contribution in [3.05, 3.63) is 12.0 Å². The number of rotatable bonds is 4. The molecular formula is C8H10N2O3S. The number of carboxylic acid groups (broad SMARTS) is 1. The third kappa shape index (κ3) is 3.21. The van der Waals surface area contributed by atoms with Crippen LogP contribution in [0.2, 0.25) is 0 Å². The highest BCUT2D eigenvalue weighted by Gasteiger charge is 2.09. The van der Waals surface area contributed by atoms with Gasteiger partial charge in [0.2, 0.25) is 0 Å². The van der Waals surface area contributed by atoms with E-state index in [1.807, 2.05) is 0 Å². The fourth-order valence-corrected chi connectivity index (χ4v) is 1.61. The monoisotopic (exact) mass is 214 g/mol. The molecule has 6 heteroatoms. The second-order valence-electron chi connectivity index (χ2n) is 2.67. The van der Waals surface area contributed by atoms with Gasteiger partial charge in [-0.1, -0.05) is 0 Å². The maximum Gasteiger partial charge on any atom is 0.303 e. The maximum absolute atomic E-state index is 10.8. The number of imidazole rings is 1.